The Morgan fingerprint density at radius 2 is 1.97 bits per heavy atom. The van der Waals surface area contributed by atoms with Gasteiger partial charge in [0.05, 0.1) is 18.8 Å². The lowest BCUT2D eigenvalue weighted by Crippen LogP contribution is -2.34. The smallest absolute Gasteiger partial charge is 0.254 e. The molecule has 200 valence electrons. The highest BCUT2D eigenvalue weighted by molar-refractivity contribution is 6.31. The molecule has 1 atom stereocenters. The number of hydrazone groups is 1. The van der Waals surface area contributed by atoms with Gasteiger partial charge < -0.3 is 26.7 Å². The lowest BCUT2D eigenvalue weighted by Gasteiger charge is -2.24. The first-order valence-corrected chi connectivity index (χ1v) is 12.0. The third-order valence-electron chi connectivity index (χ3n) is 5.76. The van der Waals surface area contributed by atoms with Gasteiger partial charge in [0.2, 0.25) is 24.6 Å². The third kappa shape index (κ3) is 9.44. The second kappa shape index (κ2) is 15.8. The molecule has 0 saturated carbocycles. The molecule has 0 bridgehead atoms. The van der Waals surface area contributed by atoms with Crippen molar-refractivity contribution < 1.29 is 24.0 Å². The number of benzene rings is 1. The maximum Gasteiger partial charge on any atom is 0.254 e. The molecule has 2 rings (SSSR count). The Bertz CT molecular complexity index is 1030. The van der Waals surface area contributed by atoms with Gasteiger partial charge in [-0.05, 0) is 38.4 Å². The van der Waals surface area contributed by atoms with Crippen molar-refractivity contribution in [3.8, 4) is 0 Å². The van der Waals surface area contributed by atoms with E-state index in [1.54, 1.807) is 23.1 Å². The molecular weight excluding hydrogens is 480 g/mol. The van der Waals surface area contributed by atoms with Crippen LogP contribution in [-0.2, 0) is 25.7 Å². The number of anilines is 1. The quantitative estimate of drug-likeness (QED) is 0.0610. The van der Waals surface area contributed by atoms with Crippen LogP contribution in [0.5, 0.6) is 0 Å². The summed E-state index contributed by atoms with van der Waals surface area (Å²) >= 11 is 0. The Morgan fingerprint density at radius 3 is 2.70 bits per heavy atom. The molecule has 0 aromatic heterocycles. The van der Waals surface area contributed by atoms with Crippen LogP contribution in [0.4, 0.5) is 5.69 Å². The number of nitrogens with one attached hydrogen (secondary N) is 4. The van der Waals surface area contributed by atoms with E-state index in [0.29, 0.717) is 75.2 Å². The summed E-state index contributed by atoms with van der Waals surface area (Å²) in [4.78, 5) is 63.4. The predicted octanol–water partition coefficient (Wildman–Crippen LogP) is -0.476. The minimum Gasteiger partial charge on any atom is -0.353 e. The molecule has 0 spiro atoms. The van der Waals surface area contributed by atoms with Crippen LogP contribution in [-0.4, -0.2) is 79.6 Å². The average molecular weight is 515 g/mol. The van der Waals surface area contributed by atoms with E-state index in [1.807, 2.05) is 6.92 Å². The maximum atomic E-state index is 12.9. The van der Waals surface area contributed by atoms with E-state index < -0.39 is 0 Å². The number of carbonyl (C=O) groups is 5. The van der Waals surface area contributed by atoms with Crippen LogP contribution >= 0.6 is 0 Å². The summed E-state index contributed by atoms with van der Waals surface area (Å²) in [6.07, 6.45) is 3.87. The Labute approximate surface area is 215 Å². The van der Waals surface area contributed by atoms with Crippen molar-refractivity contribution in [1.82, 2.24) is 20.9 Å². The lowest BCUT2D eigenvalue weighted by atomic mass is 10.1. The van der Waals surface area contributed by atoms with Gasteiger partial charge in [-0.1, -0.05) is 6.07 Å². The second-order valence-electron chi connectivity index (χ2n) is 8.39. The number of rotatable bonds is 17. The largest absolute Gasteiger partial charge is 0.353 e. The van der Waals surface area contributed by atoms with Crippen LogP contribution in [0, 0.1) is 0 Å². The highest BCUT2D eigenvalue weighted by Crippen LogP contribution is 2.31. The zero-order chi connectivity index (χ0) is 27.0. The highest BCUT2D eigenvalue weighted by atomic mass is 16.2. The third-order valence-corrected chi connectivity index (χ3v) is 5.76. The monoisotopic (exact) mass is 514 g/mol. The van der Waals surface area contributed by atoms with E-state index in [-0.39, 0.29) is 36.7 Å². The van der Waals surface area contributed by atoms with Crippen LogP contribution in [0.2, 0.25) is 0 Å². The molecule has 13 nitrogen and oxygen atoms in total. The zero-order valence-electron chi connectivity index (χ0n) is 20.9. The number of aliphatic imine (C=N–C) groups is 1. The van der Waals surface area contributed by atoms with E-state index in [0.717, 1.165) is 5.56 Å². The molecule has 1 aliphatic heterocycles. The minimum atomic E-state index is -0.389. The molecule has 13 heteroatoms. The van der Waals surface area contributed by atoms with Crippen molar-refractivity contribution in [2.45, 2.75) is 45.2 Å². The number of fused-ring (bicyclic) bond motifs is 1. The summed E-state index contributed by atoms with van der Waals surface area (Å²) in [7, 11) is 0. The average Bonchev–Trinajstić information content (AvgIpc) is 3.23. The Kier molecular flexibility index (Phi) is 12.4. The summed E-state index contributed by atoms with van der Waals surface area (Å²) < 4.78 is 0. The summed E-state index contributed by atoms with van der Waals surface area (Å²) in [6, 6.07) is 5.02. The van der Waals surface area contributed by atoms with E-state index in [2.05, 4.69) is 31.4 Å². The molecule has 0 saturated heterocycles. The van der Waals surface area contributed by atoms with Gasteiger partial charge in [-0.2, -0.15) is 5.10 Å². The van der Waals surface area contributed by atoms with Crippen molar-refractivity contribution in [3.05, 3.63) is 29.3 Å². The molecule has 0 radical (unpaired) electrons. The van der Waals surface area contributed by atoms with Crippen LogP contribution < -0.4 is 27.1 Å². The summed E-state index contributed by atoms with van der Waals surface area (Å²) in [5.74, 6) is 4.53. The van der Waals surface area contributed by atoms with Gasteiger partial charge in [0, 0.05) is 55.0 Å². The highest BCUT2D eigenvalue weighted by Gasteiger charge is 2.32. The summed E-state index contributed by atoms with van der Waals surface area (Å²) in [5, 5.41) is 14.2. The topological polar surface area (TPSA) is 187 Å². The molecule has 6 N–H and O–H groups in total. The van der Waals surface area contributed by atoms with E-state index >= 15 is 0 Å². The minimum absolute atomic E-state index is 0.131. The van der Waals surface area contributed by atoms with Crippen molar-refractivity contribution >= 4 is 48.2 Å². The summed E-state index contributed by atoms with van der Waals surface area (Å²) in [5.41, 5.74) is 2.35. The second-order valence-corrected chi connectivity index (χ2v) is 8.39. The molecular formula is C24H34N8O5. The van der Waals surface area contributed by atoms with Crippen LogP contribution in [0.1, 0.15) is 48.5 Å². The van der Waals surface area contributed by atoms with Gasteiger partial charge in [-0.15, -0.1) is 0 Å². The standard InChI is InChI=1S/C24H34N8O5/c1-17(7-8-22(35)29-16-34)32-14-20-19(24(32)37)4-2-5-21(20)30-23(36)6-3-9-26-10-11-27-12-18(31-25)13-28-15-33/h2,4-5,12,15-17,26H,3,6-11,13-14,25H2,1H3,(H,28,33)(H,30,36)(H,29,34,35). The number of amides is 5. The van der Waals surface area contributed by atoms with Crippen molar-refractivity contribution in [2.75, 3.05) is 31.5 Å². The van der Waals surface area contributed by atoms with Gasteiger partial charge in [0.15, 0.2) is 0 Å². The van der Waals surface area contributed by atoms with E-state index in [1.165, 1.54) is 6.21 Å². The van der Waals surface area contributed by atoms with Gasteiger partial charge in [0.25, 0.3) is 5.91 Å². The number of nitrogens with two attached hydrogens (primary N) is 1. The molecule has 1 aliphatic rings. The molecule has 1 aromatic carbocycles. The van der Waals surface area contributed by atoms with Gasteiger partial charge in [-0.25, -0.2) is 0 Å². The molecule has 37 heavy (non-hydrogen) atoms. The maximum absolute atomic E-state index is 12.9. The van der Waals surface area contributed by atoms with Crippen molar-refractivity contribution in [2.24, 2.45) is 15.9 Å². The first kappa shape index (κ1) is 29.1. The number of carbonyl (C=O) groups excluding carboxylic acids is 5. The fourth-order valence-corrected chi connectivity index (χ4v) is 3.76. The van der Waals surface area contributed by atoms with Crippen LogP contribution in [0.15, 0.2) is 28.3 Å². The van der Waals surface area contributed by atoms with Crippen molar-refractivity contribution in [3.63, 3.8) is 0 Å². The first-order valence-electron chi connectivity index (χ1n) is 12.0. The zero-order valence-corrected chi connectivity index (χ0v) is 20.9. The van der Waals surface area contributed by atoms with Crippen LogP contribution in [0.25, 0.3) is 0 Å². The van der Waals surface area contributed by atoms with E-state index in [4.69, 9.17) is 5.84 Å². The molecule has 5 amide bonds. The predicted molar refractivity (Wildman–Crippen MR) is 139 cm³/mol. The molecule has 0 fully saturated rings. The van der Waals surface area contributed by atoms with Crippen molar-refractivity contribution in [1.29, 1.82) is 0 Å². The fraction of sp³-hybridized carbons (Fsp3) is 0.458. The number of nitrogens with zero attached hydrogens (tertiary/aromatic N) is 3. The van der Waals surface area contributed by atoms with Gasteiger partial charge >= 0.3 is 0 Å². The first-order chi connectivity index (χ1) is 17.9. The Balaban J connectivity index is 1.75. The summed E-state index contributed by atoms with van der Waals surface area (Å²) in [6.45, 7) is 4.13. The lowest BCUT2D eigenvalue weighted by molar-refractivity contribution is -0.125. The van der Waals surface area contributed by atoms with E-state index in [9.17, 15) is 24.0 Å². The number of hydrogen-bond donors (Lipinski definition) is 5. The molecule has 0 aliphatic carbocycles. The Hall–Kier alpha value is -4.13. The Morgan fingerprint density at radius 1 is 1.16 bits per heavy atom. The van der Waals surface area contributed by atoms with Crippen LogP contribution in [0.3, 0.4) is 0 Å². The fourth-order valence-electron chi connectivity index (χ4n) is 3.76. The SMILES string of the molecule is CC(CCC(=O)NC=O)N1Cc2c(NC(=O)CCCNCCN=CC(CNC=O)=NN)cccc2C1=O. The normalized spacial score (nSPS) is 13.8. The number of hydrogen-bond acceptors (Lipinski definition) is 9. The number of imide groups is 1. The molecule has 1 aromatic rings. The van der Waals surface area contributed by atoms with Gasteiger partial charge in [0.1, 0.15) is 0 Å². The molecule has 1 unspecified atom stereocenters. The van der Waals surface area contributed by atoms with Gasteiger partial charge in [-0.3, -0.25) is 34.3 Å². The molecule has 1 heterocycles.